The number of nitrogens with one attached hydrogen (secondary N) is 1. The van der Waals surface area contributed by atoms with E-state index in [0.29, 0.717) is 12.0 Å². The fourth-order valence-electron chi connectivity index (χ4n) is 2.45. The molecule has 2 atom stereocenters. The highest BCUT2D eigenvalue weighted by atomic mass is 16.5. The van der Waals surface area contributed by atoms with Gasteiger partial charge in [0.1, 0.15) is 6.29 Å². The Hall–Kier alpha value is -1.58. The minimum atomic E-state index is -0.302. The summed E-state index contributed by atoms with van der Waals surface area (Å²) < 4.78 is 4.65. The summed E-state index contributed by atoms with van der Waals surface area (Å²) in [6.45, 7) is 2.20. The first-order valence-corrected chi connectivity index (χ1v) is 6.81. The number of hydrogen-bond acceptors (Lipinski definition) is 4. The van der Waals surface area contributed by atoms with Crippen molar-refractivity contribution in [2.45, 2.75) is 45.1 Å². The monoisotopic (exact) mass is 265 g/mol. The molecule has 4 heteroatoms. The Kier molecular flexibility index (Phi) is 6.93. The molecule has 19 heavy (non-hydrogen) atoms. The fraction of sp³-hybridized carbons (Fsp3) is 0.600. The molecule has 0 aliphatic carbocycles. The molecule has 106 valence electrons. The lowest BCUT2D eigenvalue weighted by molar-refractivity contribution is -0.134. The van der Waals surface area contributed by atoms with Gasteiger partial charge in [0, 0.05) is 17.8 Å². The van der Waals surface area contributed by atoms with Gasteiger partial charge in [-0.2, -0.15) is 0 Å². The highest BCUT2D eigenvalue weighted by molar-refractivity contribution is 5.82. The first kappa shape index (κ1) is 15.5. The van der Waals surface area contributed by atoms with Crippen LogP contribution in [0.15, 0.2) is 23.9 Å². The number of carbonyl (C=O) groups excluding carboxylic acids is 2. The normalized spacial score (nSPS) is 25.3. The van der Waals surface area contributed by atoms with Crippen LogP contribution in [0.3, 0.4) is 0 Å². The van der Waals surface area contributed by atoms with Crippen molar-refractivity contribution in [2.24, 2.45) is 5.92 Å². The Morgan fingerprint density at radius 3 is 3.00 bits per heavy atom. The maximum atomic E-state index is 11.2. The van der Waals surface area contributed by atoms with Gasteiger partial charge < -0.3 is 10.1 Å². The summed E-state index contributed by atoms with van der Waals surface area (Å²) in [7, 11) is 1.39. The number of methoxy groups -OCH3 is 1. The standard InChI is InChI=1S/C15H23NO3/c1-12-9-13(7-5-3-4-6-8-17)16-14(10-12)11-15(18)19-2/h4,6,8,11-13,16H,3,5,7,9-10H2,1-2H3/b6-4-,14-11-/t12-,13+/m0/s1. The van der Waals surface area contributed by atoms with Crippen LogP contribution in [0.4, 0.5) is 0 Å². The Balaban J connectivity index is 2.42. The van der Waals surface area contributed by atoms with Gasteiger partial charge in [-0.25, -0.2) is 4.79 Å². The second kappa shape index (κ2) is 8.51. The molecule has 0 unspecified atom stereocenters. The van der Waals surface area contributed by atoms with Gasteiger partial charge in [-0.1, -0.05) is 13.0 Å². The van der Waals surface area contributed by atoms with Crippen LogP contribution < -0.4 is 5.32 Å². The molecule has 0 aromatic rings. The fourth-order valence-corrected chi connectivity index (χ4v) is 2.45. The zero-order valence-electron chi connectivity index (χ0n) is 11.7. The van der Waals surface area contributed by atoms with Gasteiger partial charge in [-0.05, 0) is 44.1 Å². The number of piperidine rings is 1. The van der Waals surface area contributed by atoms with Crippen LogP contribution in [0.1, 0.15) is 39.0 Å². The van der Waals surface area contributed by atoms with E-state index in [4.69, 9.17) is 0 Å². The molecule has 4 nitrogen and oxygen atoms in total. The van der Waals surface area contributed by atoms with Gasteiger partial charge in [0.05, 0.1) is 7.11 Å². The quantitative estimate of drug-likeness (QED) is 0.347. The van der Waals surface area contributed by atoms with Gasteiger partial charge in [-0.15, -0.1) is 0 Å². The lowest BCUT2D eigenvalue weighted by Crippen LogP contribution is -2.36. The molecule has 0 amide bonds. The smallest absolute Gasteiger partial charge is 0.332 e. The average molecular weight is 265 g/mol. The van der Waals surface area contributed by atoms with E-state index in [2.05, 4.69) is 17.0 Å². The third kappa shape index (κ3) is 6.22. The van der Waals surface area contributed by atoms with Crippen molar-refractivity contribution >= 4 is 12.3 Å². The molecule has 1 fully saturated rings. The van der Waals surface area contributed by atoms with E-state index >= 15 is 0 Å². The van der Waals surface area contributed by atoms with Crippen LogP contribution in [0.2, 0.25) is 0 Å². The number of allylic oxidation sites excluding steroid dienone is 3. The molecular formula is C15H23NO3. The second-order valence-corrected chi connectivity index (χ2v) is 5.07. The van der Waals surface area contributed by atoms with Crippen molar-refractivity contribution in [1.29, 1.82) is 0 Å². The van der Waals surface area contributed by atoms with Crippen molar-refractivity contribution in [1.82, 2.24) is 5.32 Å². The number of carbonyl (C=O) groups is 2. The van der Waals surface area contributed by atoms with Crippen molar-refractivity contribution in [2.75, 3.05) is 7.11 Å². The molecule has 1 N–H and O–H groups in total. The number of hydrogen-bond donors (Lipinski definition) is 1. The summed E-state index contributed by atoms with van der Waals surface area (Å²) in [5.41, 5.74) is 0.971. The molecule has 0 bridgehead atoms. The molecule has 0 radical (unpaired) electrons. The zero-order chi connectivity index (χ0) is 14.1. The van der Waals surface area contributed by atoms with Crippen molar-refractivity contribution in [3.8, 4) is 0 Å². The highest BCUT2D eigenvalue weighted by Crippen LogP contribution is 2.24. The molecule has 0 spiro atoms. The maximum Gasteiger partial charge on any atom is 0.332 e. The Morgan fingerprint density at radius 1 is 1.53 bits per heavy atom. The molecular weight excluding hydrogens is 242 g/mol. The summed E-state index contributed by atoms with van der Waals surface area (Å²) in [6.07, 6.45) is 10.8. The van der Waals surface area contributed by atoms with E-state index in [1.807, 2.05) is 6.08 Å². The second-order valence-electron chi connectivity index (χ2n) is 5.07. The van der Waals surface area contributed by atoms with Crippen molar-refractivity contribution < 1.29 is 14.3 Å². The van der Waals surface area contributed by atoms with Crippen molar-refractivity contribution in [3.05, 3.63) is 23.9 Å². The summed E-state index contributed by atoms with van der Waals surface area (Å²) in [5.74, 6) is 0.275. The largest absolute Gasteiger partial charge is 0.466 e. The van der Waals surface area contributed by atoms with Crippen LogP contribution in [-0.2, 0) is 14.3 Å². The SMILES string of the molecule is COC(=O)/C=C1/C[C@@H](C)C[C@@H](CCC/C=C\C=O)N1. The van der Waals surface area contributed by atoms with Crippen molar-refractivity contribution in [3.63, 3.8) is 0 Å². The third-order valence-corrected chi connectivity index (χ3v) is 3.28. The Labute approximate surface area is 114 Å². The minimum absolute atomic E-state index is 0.302. The lowest BCUT2D eigenvalue weighted by Gasteiger charge is -2.31. The molecule has 1 aliphatic heterocycles. The Morgan fingerprint density at radius 2 is 2.32 bits per heavy atom. The average Bonchev–Trinajstić information content (AvgIpc) is 2.37. The van der Waals surface area contributed by atoms with Gasteiger partial charge in [0.15, 0.2) is 0 Å². The van der Waals surface area contributed by atoms with E-state index in [1.54, 1.807) is 12.2 Å². The maximum absolute atomic E-state index is 11.2. The van der Waals surface area contributed by atoms with Crippen LogP contribution in [0.5, 0.6) is 0 Å². The molecule has 0 saturated carbocycles. The van der Waals surface area contributed by atoms with Gasteiger partial charge in [-0.3, -0.25) is 4.79 Å². The van der Waals surface area contributed by atoms with E-state index in [9.17, 15) is 9.59 Å². The predicted molar refractivity (Wildman–Crippen MR) is 74.5 cm³/mol. The summed E-state index contributed by atoms with van der Waals surface area (Å²) in [6, 6.07) is 0.407. The van der Waals surface area contributed by atoms with Gasteiger partial charge >= 0.3 is 5.97 Å². The van der Waals surface area contributed by atoms with Gasteiger partial charge in [0.25, 0.3) is 0 Å². The topological polar surface area (TPSA) is 55.4 Å². The molecule has 1 saturated heterocycles. The summed E-state index contributed by atoms with van der Waals surface area (Å²) >= 11 is 0. The number of esters is 1. The Bertz CT molecular complexity index is 360. The summed E-state index contributed by atoms with van der Waals surface area (Å²) in [4.78, 5) is 21.4. The number of unbranched alkanes of at least 4 members (excludes halogenated alkanes) is 1. The van der Waals surface area contributed by atoms with E-state index in [0.717, 1.165) is 44.1 Å². The number of rotatable bonds is 6. The molecule has 0 aromatic carbocycles. The molecule has 0 aromatic heterocycles. The molecule has 1 aliphatic rings. The van der Waals surface area contributed by atoms with E-state index in [1.165, 1.54) is 7.11 Å². The van der Waals surface area contributed by atoms with Crippen LogP contribution >= 0.6 is 0 Å². The predicted octanol–water partition coefficient (Wildman–Crippen LogP) is 2.36. The first-order valence-electron chi connectivity index (χ1n) is 6.81. The van der Waals surface area contributed by atoms with Crippen LogP contribution in [0, 0.1) is 5.92 Å². The lowest BCUT2D eigenvalue weighted by atomic mass is 9.89. The van der Waals surface area contributed by atoms with E-state index in [-0.39, 0.29) is 5.97 Å². The van der Waals surface area contributed by atoms with Crippen LogP contribution in [0.25, 0.3) is 0 Å². The van der Waals surface area contributed by atoms with Crippen LogP contribution in [-0.4, -0.2) is 25.4 Å². The zero-order valence-corrected chi connectivity index (χ0v) is 11.7. The molecule has 1 rings (SSSR count). The highest BCUT2D eigenvalue weighted by Gasteiger charge is 2.21. The molecule has 1 heterocycles. The number of aldehydes is 1. The van der Waals surface area contributed by atoms with E-state index < -0.39 is 0 Å². The summed E-state index contributed by atoms with van der Waals surface area (Å²) in [5, 5.41) is 3.41. The first-order chi connectivity index (χ1) is 9.15. The third-order valence-electron chi connectivity index (χ3n) is 3.28. The van der Waals surface area contributed by atoms with Gasteiger partial charge in [0.2, 0.25) is 0 Å². The number of ether oxygens (including phenoxy) is 1. The minimum Gasteiger partial charge on any atom is -0.466 e.